The van der Waals surface area contributed by atoms with E-state index in [0.717, 1.165) is 19.1 Å². The van der Waals surface area contributed by atoms with E-state index in [2.05, 4.69) is 58.9 Å². The molecule has 9 heteroatoms. The average molecular weight is 413 g/mol. The lowest BCUT2D eigenvalue weighted by Crippen LogP contribution is -2.56. The Kier molecular flexibility index (Phi) is 10.4. The van der Waals surface area contributed by atoms with Gasteiger partial charge in [-0.25, -0.2) is 0 Å². The Morgan fingerprint density at radius 1 is 0.625 bits per heavy atom. The summed E-state index contributed by atoms with van der Waals surface area (Å²) in [5.41, 5.74) is 0. The Labute approximate surface area is 154 Å². The maximum absolute atomic E-state index is 6.63. The zero-order chi connectivity index (χ0) is 19.1. The fraction of sp³-hybridized carbons (Fsp3) is 1.00. The van der Waals surface area contributed by atoms with Crippen LogP contribution in [0, 0.1) is 0 Å². The Bertz CT molecular complexity index is 355. The van der Waals surface area contributed by atoms with Crippen LogP contribution in [0.4, 0.5) is 0 Å². The topological polar surface area (TPSA) is 46.2 Å². The highest BCUT2D eigenvalue weighted by Crippen LogP contribution is 2.27. The molecule has 1 atom stereocenters. The van der Waals surface area contributed by atoms with Gasteiger partial charge in [-0.2, -0.15) is 0 Å². The molecule has 24 heavy (non-hydrogen) atoms. The van der Waals surface area contributed by atoms with Gasteiger partial charge in [-0.3, -0.25) is 0 Å². The molecule has 0 N–H and O–H groups in total. The van der Waals surface area contributed by atoms with Crippen LogP contribution in [0.2, 0.25) is 65.0 Å². The molecular formula is C15H40O5Si4. The minimum absolute atomic E-state index is 0.639. The van der Waals surface area contributed by atoms with Crippen molar-refractivity contribution in [3.63, 3.8) is 0 Å². The summed E-state index contributed by atoms with van der Waals surface area (Å²) in [5.74, 6) is 0. The van der Waals surface area contributed by atoms with Crippen LogP contribution in [-0.2, 0) is 21.8 Å². The molecule has 0 aliphatic carbocycles. The molecule has 0 aliphatic rings. The molecular weight excluding hydrogens is 373 g/mol. The molecule has 5 nitrogen and oxygen atoms in total. The number of methoxy groups -OCH3 is 1. The Morgan fingerprint density at radius 3 is 1.62 bits per heavy atom. The van der Waals surface area contributed by atoms with Crippen LogP contribution in [-0.4, -0.2) is 60.7 Å². The highest BCUT2D eigenvalue weighted by atomic mass is 28.5. The quantitative estimate of drug-likeness (QED) is 0.328. The van der Waals surface area contributed by atoms with Gasteiger partial charge in [0.15, 0.2) is 16.6 Å². The van der Waals surface area contributed by atoms with Crippen molar-refractivity contribution in [3.8, 4) is 0 Å². The van der Waals surface area contributed by atoms with Gasteiger partial charge in [0.05, 0.1) is 13.2 Å². The fourth-order valence-electron chi connectivity index (χ4n) is 2.79. The summed E-state index contributed by atoms with van der Waals surface area (Å²) in [6, 6.07) is 0.940. The van der Waals surface area contributed by atoms with E-state index >= 15 is 0 Å². The SMILES string of the molecule is COCCOCCC[Si](C)(O[Si](C)(C)C)O[Si](C)(C)O[Si](C)(C)C. The van der Waals surface area contributed by atoms with Crippen molar-refractivity contribution in [1.29, 1.82) is 0 Å². The van der Waals surface area contributed by atoms with Gasteiger partial charge >= 0.3 is 17.1 Å². The van der Waals surface area contributed by atoms with Crippen LogP contribution in [0.3, 0.4) is 0 Å². The third-order valence-corrected chi connectivity index (χ3v) is 16.4. The summed E-state index contributed by atoms with van der Waals surface area (Å²) < 4.78 is 30.1. The van der Waals surface area contributed by atoms with Crippen LogP contribution in [0.15, 0.2) is 0 Å². The molecule has 0 spiro atoms. The molecule has 0 aromatic carbocycles. The van der Waals surface area contributed by atoms with Crippen LogP contribution < -0.4 is 0 Å². The average Bonchev–Trinajstić information content (AvgIpc) is 2.26. The van der Waals surface area contributed by atoms with Gasteiger partial charge in [-0.1, -0.05) is 0 Å². The monoisotopic (exact) mass is 412 g/mol. The number of hydrogen-bond acceptors (Lipinski definition) is 5. The van der Waals surface area contributed by atoms with E-state index in [1.165, 1.54) is 0 Å². The lowest BCUT2D eigenvalue weighted by Gasteiger charge is -2.41. The van der Waals surface area contributed by atoms with Crippen molar-refractivity contribution in [2.75, 3.05) is 26.9 Å². The minimum Gasteiger partial charge on any atom is -0.437 e. The molecule has 0 amide bonds. The molecule has 0 aromatic rings. The van der Waals surface area contributed by atoms with E-state index in [1.54, 1.807) is 7.11 Å². The van der Waals surface area contributed by atoms with Gasteiger partial charge in [0.25, 0.3) is 0 Å². The first-order valence-corrected chi connectivity index (χ1v) is 21.0. The normalized spacial score (nSPS) is 16.2. The highest BCUT2D eigenvalue weighted by Gasteiger charge is 2.44. The summed E-state index contributed by atoms with van der Waals surface area (Å²) in [6.07, 6.45) is 0.953. The van der Waals surface area contributed by atoms with Crippen LogP contribution >= 0.6 is 0 Å². The van der Waals surface area contributed by atoms with Crippen LogP contribution in [0.5, 0.6) is 0 Å². The molecule has 146 valence electrons. The Hall–Kier alpha value is 0.668. The third-order valence-electron chi connectivity index (χ3n) is 2.89. The smallest absolute Gasteiger partial charge is 0.315 e. The molecule has 0 bridgehead atoms. The second-order valence-electron chi connectivity index (χ2n) is 8.77. The second kappa shape index (κ2) is 10.1. The predicted molar refractivity (Wildman–Crippen MR) is 111 cm³/mol. The zero-order valence-electron chi connectivity index (χ0n) is 17.6. The van der Waals surface area contributed by atoms with E-state index < -0.39 is 33.8 Å². The van der Waals surface area contributed by atoms with E-state index in [0.29, 0.717) is 13.2 Å². The maximum Gasteiger partial charge on any atom is 0.315 e. The lowest BCUT2D eigenvalue weighted by atomic mass is 10.5. The molecule has 0 saturated carbocycles. The van der Waals surface area contributed by atoms with E-state index in [9.17, 15) is 0 Å². The van der Waals surface area contributed by atoms with Gasteiger partial charge in [0, 0.05) is 13.7 Å². The predicted octanol–water partition coefficient (Wildman–Crippen LogP) is 4.53. The van der Waals surface area contributed by atoms with Crippen molar-refractivity contribution < 1.29 is 21.8 Å². The van der Waals surface area contributed by atoms with Crippen molar-refractivity contribution >= 4 is 33.8 Å². The van der Waals surface area contributed by atoms with Crippen molar-refractivity contribution in [2.45, 2.75) is 71.4 Å². The first kappa shape index (κ1) is 24.7. The number of rotatable bonds is 13. The Balaban J connectivity index is 4.76. The summed E-state index contributed by atoms with van der Waals surface area (Å²) >= 11 is 0. The van der Waals surface area contributed by atoms with E-state index in [-0.39, 0.29) is 0 Å². The Morgan fingerprint density at radius 2 is 1.17 bits per heavy atom. The molecule has 0 rings (SSSR count). The summed E-state index contributed by atoms with van der Waals surface area (Å²) in [6.45, 7) is 21.8. The minimum atomic E-state index is -2.28. The number of ether oxygens (including phenoxy) is 2. The summed E-state index contributed by atoms with van der Waals surface area (Å²) in [5, 5.41) is 0. The lowest BCUT2D eigenvalue weighted by molar-refractivity contribution is 0.0703. The molecule has 0 heterocycles. The highest BCUT2D eigenvalue weighted by molar-refractivity contribution is 6.89. The van der Waals surface area contributed by atoms with Gasteiger partial charge in [0.1, 0.15) is 0 Å². The van der Waals surface area contributed by atoms with Crippen molar-refractivity contribution in [1.82, 2.24) is 0 Å². The van der Waals surface area contributed by atoms with Gasteiger partial charge in [0.2, 0.25) is 0 Å². The molecule has 0 aliphatic heterocycles. The summed E-state index contributed by atoms with van der Waals surface area (Å²) in [4.78, 5) is 0. The standard InChI is InChI=1S/C15H40O5Si4/c1-16-13-14-17-12-11-15-24(10,19-22(5,6)7)20-23(8,9)18-21(2,3)4/h11-15H2,1-10H3. The van der Waals surface area contributed by atoms with Gasteiger partial charge in [-0.15, -0.1) is 0 Å². The molecule has 0 saturated heterocycles. The van der Waals surface area contributed by atoms with Crippen molar-refractivity contribution in [2.24, 2.45) is 0 Å². The van der Waals surface area contributed by atoms with Crippen molar-refractivity contribution in [3.05, 3.63) is 0 Å². The van der Waals surface area contributed by atoms with Crippen LogP contribution in [0.1, 0.15) is 6.42 Å². The zero-order valence-corrected chi connectivity index (χ0v) is 21.6. The molecule has 1 unspecified atom stereocenters. The molecule has 0 aromatic heterocycles. The first-order valence-electron chi connectivity index (χ1n) is 8.85. The largest absolute Gasteiger partial charge is 0.437 e. The van der Waals surface area contributed by atoms with Gasteiger partial charge < -0.3 is 21.8 Å². The van der Waals surface area contributed by atoms with E-state index in [1.807, 2.05) is 0 Å². The third kappa shape index (κ3) is 13.9. The molecule has 0 radical (unpaired) electrons. The van der Waals surface area contributed by atoms with Crippen LogP contribution in [0.25, 0.3) is 0 Å². The summed E-state index contributed by atoms with van der Waals surface area (Å²) in [7, 11) is -6.09. The maximum atomic E-state index is 6.63. The fourth-order valence-corrected chi connectivity index (χ4v) is 20.7. The first-order chi connectivity index (χ1) is 10.7. The molecule has 0 fully saturated rings. The second-order valence-corrected chi connectivity index (χ2v) is 25.2. The van der Waals surface area contributed by atoms with E-state index in [4.69, 9.17) is 21.8 Å². The van der Waals surface area contributed by atoms with Gasteiger partial charge in [-0.05, 0) is 71.4 Å². The number of hydrogen-bond donors (Lipinski definition) is 0.